The summed E-state index contributed by atoms with van der Waals surface area (Å²) in [6.45, 7) is 16.2. The van der Waals surface area contributed by atoms with Gasteiger partial charge in [0.05, 0.1) is 17.8 Å². The van der Waals surface area contributed by atoms with E-state index < -0.39 is 35.2 Å². The Morgan fingerprint density at radius 3 is 2.23 bits per heavy atom. The molecular formula is C32H50O7. The van der Waals surface area contributed by atoms with Crippen molar-refractivity contribution >= 4 is 11.8 Å². The highest BCUT2D eigenvalue weighted by molar-refractivity contribution is 5.90. The number of epoxide rings is 1. The second-order valence-electron chi connectivity index (χ2n) is 16.1. The van der Waals surface area contributed by atoms with Crippen LogP contribution in [0, 0.1) is 50.7 Å². The molecule has 2 unspecified atom stereocenters. The third-order valence-electron chi connectivity index (χ3n) is 14.0. The number of carbonyl (C=O) groups excluding carboxylic acids is 2. The Morgan fingerprint density at radius 2 is 1.64 bits per heavy atom. The average Bonchev–Trinajstić information content (AvgIpc) is 3.69. The number of ketones is 1. The minimum Gasteiger partial charge on any atom is -0.460 e. The number of esters is 1. The fraction of sp³-hybridized carbons (Fsp3) is 0.938. The summed E-state index contributed by atoms with van der Waals surface area (Å²) in [6, 6.07) is 0. The molecule has 39 heavy (non-hydrogen) atoms. The SMILES string of the molecule is CC(=O)O[C@H](C[C@@H](C)[C@H]1C(=O)[C@H](O)[C@@]2(C)C3CCC4C(C)(C)[C@@H](O)C[C@H](O)[C@@]45C[C@@]35CC[C@]12C)[C@@H]1OC1(C)C. The molecule has 1 heterocycles. The highest BCUT2D eigenvalue weighted by Gasteiger charge is 2.86. The minimum absolute atomic E-state index is 0.0705. The number of Topliss-reactive ketones (excluding diaryl/α,β-unsaturated/α-hetero) is 1. The molecule has 5 saturated carbocycles. The summed E-state index contributed by atoms with van der Waals surface area (Å²) in [5.41, 5.74) is -1.93. The van der Waals surface area contributed by atoms with E-state index >= 15 is 0 Å². The van der Waals surface area contributed by atoms with Crippen LogP contribution in [-0.4, -0.2) is 63.2 Å². The van der Waals surface area contributed by atoms with Crippen molar-refractivity contribution in [2.24, 2.45) is 50.7 Å². The molecule has 7 nitrogen and oxygen atoms in total. The Bertz CT molecular complexity index is 1080. The van der Waals surface area contributed by atoms with Crippen LogP contribution in [0.2, 0.25) is 0 Å². The molecule has 2 spiro atoms. The standard InChI is InChI=1S/C32H50O7/c1-16(13-18(38-17(2)33)26-28(5,6)39-26)23-24(36)25(37)30(8)20-10-9-19-27(3,4)21(34)14-22(35)32(19)15-31(20,32)12-11-29(23,30)7/h16,18-23,25-26,34-35,37H,9-15H2,1-8H3/t16-,18-,19?,20?,21+,22+,23+,25+,26+,29-,30-,31+,32-/m1/s1. The lowest BCUT2D eigenvalue weighted by molar-refractivity contribution is -0.207. The maximum absolute atomic E-state index is 14.1. The van der Waals surface area contributed by atoms with Crippen molar-refractivity contribution in [1.29, 1.82) is 0 Å². The molecule has 0 radical (unpaired) electrons. The zero-order chi connectivity index (χ0) is 28.7. The molecule has 13 atom stereocenters. The van der Waals surface area contributed by atoms with E-state index in [0.29, 0.717) is 12.8 Å². The van der Waals surface area contributed by atoms with Crippen molar-refractivity contribution in [2.45, 2.75) is 136 Å². The average molecular weight is 547 g/mol. The zero-order valence-electron chi connectivity index (χ0n) is 25.1. The van der Waals surface area contributed by atoms with Crippen molar-refractivity contribution in [3.63, 3.8) is 0 Å². The molecule has 6 aliphatic rings. The maximum atomic E-state index is 14.1. The van der Waals surface area contributed by atoms with E-state index in [-0.39, 0.29) is 63.4 Å². The van der Waals surface area contributed by atoms with Crippen LogP contribution in [0.1, 0.15) is 100 Å². The molecule has 7 heteroatoms. The van der Waals surface area contributed by atoms with Gasteiger partial charge < -0.3 is 24.8 Å². The van der Waals surface area contributed by atoms with Crippen LogP contribution >= 0.6 is 0 Å². The Hall–Kier alpha value is -1.02. The lowest BCUT2D eigenvalue weighted by atomic mass is 9.41. The zero-order valence-corrected chi connectivity index (χ0v) is 25.1. The smallest absolute Gasteiger partial charge is 0.302 e. The normalized spacial score (nSPS) is 53.9. The monoisotopic (exact) mass is 546 g/mol. The Balaban J connectivity index is 1.32. The van der Waals surface area contributed by atoms with Gasteiger partial charge in [0, 0.05) is 30.1 Å². The molecule has 1 saturated heterocycles. The van der Waals surface area contributed by atoms with Gasteiger partial charge in [0.15, 0.2) is 5.78 Å². The lowest BCUT2D eigenvalue weighted by Gasteiger charge is -2.64. The summed E-state index contributed by atoms with van der Waals surface area (Å²) in [5, 5.41) is 34.3. The van der Waals surface area contributed by atoms with Crippen LogP contribution in [-0.2, 0) is 19.1 Å². The third kappa shape index (κ3) is 3.25. The predicted octanol–water partition coefficient (Wildman–Crippen LogP) is 4.04. The summed E-state index contributed by atoms with van der Waals surface area (Å²) in [5.74, 6) is -0.455. The van der Waals surface area contributed by atoms with E-state index in [2.05, 4.69) is 34.6 Å². The second kappa shape index (κ2) is 8.08. The molecule has 6 fully saturated rings. The number of ether oxygens (including phenoxy) is 2. The Morgan fingerprint density at radius 1 is 1.03 bits per heavy atom. The number of carbonyl (C=O) groups is 2. The van der Waals surface area contributed by atoms with E-state index in [1.54, 1.807) is 0 Å². The van der Waals surface area contributed by atoms with Gasteiger partial charge in [-0.2, -0.15) is 0 Å². The van der Waals surface area contributed by atoms with Crippen LogP contribution < -0.4 is 0 Å². The van der Waals surface area contributed by atoms with Crippen molar-refractivity contribution < 1.29 is 34.4 Å². The molecule has 6 rings (SSSR count). The summed E-state index contributed by atoms with van der Waals surface area (Å²) in [6.07, 6.45) is 2.73. The van der Waals surface area contributed by atoms with Gasteiger partial charge in [0.2, 0.25) is 0 Å². The molecule has 1 aliphatic heterocycles. The molecule has 0 aromatic rings. The van der Waals surface area contributed by atoms with E-state index in [9.17, 15) is 24.9 Å². The second-order valence-corrected chi connectivity index (χ2v) is 16.1. The number of rotatable bonds is 5. The van der Waals surface area contributed by atoms with Gasteiger partial charge in [0.25, 0.3) is 0 Å². The van der Waals surface area contributed by atoms with Gasteiger partial charge in [-0.25, -0.2) is 0 Å². The minimum atomic E-state index is -1.05. The largest absolute Gasteiger partial charge is 0.460 e. The first kappa shape index (κ1) is 28.1. The first-order valence-corrected chi connectivity index (χ1v) is 15.3. The van der Waals surface area contributed by atoms with Crippen LogP contribution in [0.25, 0.3) is 0 Å². The summed E-state index contributed by atoms with van der Waals surface area (Å²) >= 11 is 0. The first-order chi connectivity index (χ1) is 17.9. The Labute approximate surface area is 233 Å². The predicted molar refractivity (Wildman–Crippen MR) is 144 cm³/mol. The quantitative estimate of drug-likeness (QED) is 0.352. The van der Waals surface area contributed by atoms with Crippen molar-refractivity contribution in [1.82, 2.24) is 0 Å². The lowest BCUT2D eigenvalue weighted by Crippen LogP contribution is -2.62. The summed E-state index contributed by atoms with van der Waals surface area (Å²) in [4.78, 5) is 26.0. The molecule has 0 aromatic carbocycles. The number of hydrogen-bond acceptors (Lipinski definition) is 7. The van der Waals surface area contributed by atoms with Gasteiger partial charge in [-0.1, -0.05) is 34.6 Å². The van der Waals surface area contributed by atoms with Gasteiger partial charge >= 0.3 is 5.97 Å². The van der Waals surface area contributed by atoms with E-state index in [4.69, 9.17) is 9.47 Å². The van der Waals surface area contributed by atoms with Crippen LogP contribution in [0.3, 0.4) is 0 Å². The van der Waals surface area contributed by atoms with Crippen molar-refractivity contribution in [3.8, 4) is 0 Å². The van der Waals surface area contributed by atoms with Gasteiger partial charge in [0.1, 0.15) is 18.3 Å². The number of aliphatic hydroxyl groups is 3. The van der Waals surface area contributed by atoms with Crippen molar-refractivity contribution in [2.75, 3.05) is 0 Å². The molecule has 220 valence electrons. The number of fused-ring (bicyclic) bond motifs is 2. The van der Waals surface area contributed by atoms with E-state index in [1.165, 1.54) is 6.92 Å². The summed E-state index contributed by atoms with van der Waals surface area (Å²) in [7, 11) is 0. The first-order valence-electron chi connectivity index (χ1n) is 15.3. The van der Waals surface area contributed by atoms with E-state index in [0.717, 1.165) is 32.1 Å². The van der Waals surface area contributed by atoms with Crippen LogP contribution in [0.4, 0.5) is 0 Å². The van der Waals surface area contributed by atoms with Gasteiger partial charge in [-0.15, -0.1) is 0 Å². The number of hydrogen-bond donors (Lipinski definition) is 3. The Kier molecular flexibility index (Phi) is 5.82. The molecule has 0 bridgehead atoms. The van der Waals surface area contributed by atoms with Crippen LogP contribution in [0.5, 0.6) is 0 Å². The summed E-state index contributed by atoms with van der Waals surface area (Å²) < 4.78 is 11.6. The molecule has 5 aliphatic carbocycles. The highest BCUT2D eigenvalue weighted by Crippen LogP contribution is 2.88. The fourth-order valence-corrected chi connectivity index (χ4v) is 11.9. The number of aliphatic hydroxyl groups excluding tert-OH is 3. The molecular weight excluding hydrogens is 496 g/mol. The van der Waals surface area contributed by atoms with E-state index in [1.807, 2.05) is 13.8 Å². The fourth-order valence-electron chi connectivity index (χ4n) is 11.9. The van der Waals surface area contributed by atoms with Gasteiger partial charge in [-0.05, 0) is 86.4 Å². The van der Waals surface area contributed by atoms with Gasteiger partial charge in [-0.3, -0.25) is 9.59 Å². The molecule has 0 aromatic heterocycles. The van der Waals surface area contributed by atoms with Crippen LogP contribution in [0.15, 0.2) is 0 Å². The van der Waals surface area contributed by atoms with Crippen molar-refractivity contribution in [3.05, 3.63) is 0 Å². The molecule has 0 amide bonds. The maximum Gasteiger partial charge on any atom is 0.302 e. The third-order valence-corrected chi connectivity index (χ3v) is 14.0. The topological polar surface area (TPSA) is 117 Å². The molecule has 3 N–H and O–H groups in total. The highest BCUT2D eigenvalue weighted by atomic mass is 16.6.